The van der Waals surface area contributed by atoms with E-state index < -0.39 is 11.9 Å². The van der Waals surface area contributed by atoms with Gasteiger partial charge in [-0.3, -0.25) is 14.4 Å². The van der Waals surface area contributed by atoms with Crippen molar-refractivity contribution in [1.82, 2.24) is 14.9 Å². The number of aliphatic carboxylic acids is 1. The van der Waals surface area contributed by atoms with Crippen molar-refractivity contribution in [2.24, 2.45) is 4.99 Å². The van der Waals surface area contributed by atoms with Crippen molar-refractivity contribution in [3.05, 3.63) is 28.9 Å². The second-order valence-corrected chi connectivity index (χ2v) is 8.59. The van der Waals surface area contributed by atoms with Crippen LogP contribution in [-0.4, -0.2) is 46.0 Å². The van der Waals surface area contributed by atoms with E-state index in [1.807, 2.05) is 23.6 Å². The van der Waals surface area contributed by atoms with E-state index in [1.54, 1.807) is 0 Å². The average Bonchev–Trinajstić information content (AvgIpc) is 3.30. The predicted molar refractivity (Wildman–Crippen MR) is 126 cm³/mol. The standard InChI is InChI=1S/C24H33N5O4/c1-16-13-19-20(14-18(16)27-17-9-6-7-10-17)29(12-8-4-3-5-11-21(31)32)23(26-15-30)22(28-19)24(33)25-2/h13-15,17,27H,3-12H2,1-2H3,(H,25,33)(H,31,32). The first kappa shape index (κ1) is 24.4. The number of nitrogens with zero attached hydrogens (tertiary/aromatic N) is 3. The van der Waals surface area contributed by atoms with E-state index in [0.29, 0.717) is 30.9 Å². The highest BCUT2D eigenvalue weighted by Gasteiger charge is 2.19. The molecule has 3 N–H and O–H groups in total. The van der Waals surface area contributed by atoms with Crippen LogP contribution in [0.25, 0.3) is 11.0 Å². The molecule has 3 rings (SSSR count). The fourth-order valence-corrected chi connectivity index (χ4v) is 4.42. The third-order valence-electron chi connectivity index (χ3n) is 6.17. The van der Waals surface area contributed by atoms with Gasteiger partial charge in [0.15, 0.2) is 11.2 Å². The summed E-state index contributed by atoms with van der Waals surface area (Å²) in [4.78, 5) is 43.2. The molecule has 1 fully saturated rings. The summed E-state index contributed by atoms with van der Waals surface area (Å²) >= 11 is 0. The molecule has 0 unspecified atom stereocenters. The van der Waals surface area contributed by atoms with Crippen LogP contribution in [0.3, 0.4) is 0 Å². The van der Waals surface area contributed by atoms with Crippen LogP contribution in [-0.2, 0) is 16.1 Å². The molecule has 0 aliphatic heterocycles. The number of aromatic nitrogens is 2. The summed E-state index contributed by atoms with van der Waals surface area (Å²) in [7, 11) is 1.52. The minimum Gasteiger partial charge on any atom is -0.481 e. The summed E-state index contributed by atoms with van der Waals surface area (Å²) in [6.45, 7) is 2.56. The quantitative estimate of drug-likeness (QED) is 0.353. The molecule has 0 bridgehead atoms. The number of nitrogens with one attached hydrogen (secondary N) is 2. The lowest BCUT2D eigenvalue weighted by atomic mass is 10.1. The van der Waals surface area contributed by atoms with Gasteiger partial charge in [-0.1, -0.05) is 25.7 Å². The Labute approximate surface area is 193 Å². The van der Waals surface area contributed by atoms with Gasteiger partial charge >= 0.3 is 5.97 Å². The first-order valence-corrected chi connectivity index (χ1v) is 11.7. The van der Waals surface area contributed by atoms with Crippen LogP contribution in [0, 0.1) is 6.92 Å². The van der Waals surface area contributed by atoms with Gasteiger partial charge in [0.25, 0.3) is 5.91 Å². The Morgan fingerprint density at radius 1 is 1.21 bits per heavy atom. The molecule has 1 saturated carbocycles. The second kappa shape index (κ2) is 11.6. The maximum atomic E-state index is 12.5. The molecule has 2 amide bonds. The SMILES string of the molecule is CNC(=O)c1nc2cc(C)c(NC3CCCC3)cc2n(CCCCCCC(=O)O)c1=NC=O. The monoisotopic (exact) mass is 455 g/mol. The van der Waals surface area contributed by atoms with Crippen molar-refractivity contribution < 1.29 is 19.5 Å². The van der Waals surface area contributed by atoms with Crippen molar-refractivity contribution >= 4 is 35.0 Å². The van der Waals surface area contributed by atoms with Gasteiger partial charge in [-0.05, 0) is 50.3 Å². The number of carbonyl (C=O) groups is 3. The van der Waals surface area contributed by atoms with Gasteiger partial charge in [0.1, 0.15) is 0 Å². The van der Waals surface area contributed by atoms with Gasteiger partial charge in [0.05, 0.1) is 11.0 Å². The highest BCUT2D eigenvalue weighted by atomic mass is 16.4. The zero-order chi connectivity index (χ0) is 23.8. The zero-order valence-electron chi connectivity index (χ0n) is 19.4. The molecule has 1 aliphatic rings. The number of rotatable bonds is 11. The summed E-state index contributed by atoms with van der Waals surface area (Å²) in [5.41, 5.74) is 3.89. The van der Waals surface area contributed by atoms with E-state index in [0.717, 1.165) is 48.9 Å². The van der Waals surface area contributed by atoms with Gasteiger partial charge in [-0.25, -0.2) is 4.98 Å². The number of benzene rings is 1. The lowest BCUT2D eigenvalue weighted by Crippen LogP contribution is -2.34. The number of hydrogen-bond acceptors (Lipinski definition) is 5. The molecule has 1 aromatic carbocycles. The molecule has 1 aromatic heterocycles. The van der Waals surface area contributed by atoms with Crippen LogP contribution in [0.2, 0.25) is 0 Å². The largest absolute Gasteiger partial charge is 0.481 e. The zero-order valence-corrected chi connectivity index (χ0v) is 19.4. The Bertz CT molecular complexity index is 1090. The Morgan fingerprint density at radius 2 is 1.94 bits per heavy atom. The van der Waals surface area contributed by atoms with Gasteiger partial charge < -0.3 is 20.3 Å². The van der Waals surface area contributed by atoms with Gasteiger partial charge in [-0.2, -0.15) is 4.99 Å². The maximum Gasteiger partial charge on any atom is 0.303 e. The van der Waals surface area contributed by atoms with Crippen LogP contribution in [0.15, 0.2) is 17.1 Å². The Balaban J connectivity index is 2.01. The third-order valence-corrected chi connectivity index (χ3v) is 6.17. The van der Waals surface area contributed by atoms with Crippen molar-refractivity contribution in [2.75, 3.05) is 12.4 Å². The fourth-order valence-electron chi connectivity index (χ4n) is 4.42. The Morgan fingerprint density at radius 3 is 2.61 bits per heavy atom. The highest BCUT2D eigenvalue weighted by molar-refractivity contribution is 5.94. The molecule has 9 heteroatoms. The third kappa shape index (κ3) is 6.18. The number of unbranched alkanes of at least 4 members (excludes halogenated alkanes) is 3. The molecule has 2 aromatic rings. The van der Waals surface area contributed by atoms with Crippen molar-refractivity contribution in [3.63, 3.8) is 0 Å². The van der Waals surface area contributed by atoms with Gasteiger partial charge in [-0.15, -0.1) is 0 Å². The Hall–Kier alpha value is -3.23. The molecule has 178 valence electrons. The van der Waals surface area contributed by atoms with Gasteiger partial charge in [0, 0.05) is 31.7 Å². The van der Waals surface area contributed by atoms with Crippen LogP contribution in [0.4, 0.5) is 5.69 Å². The molecule has 33 heavy (non-hydrogen) atoms. The molecule has 0 saturated heterocycles. The van der Waals surface area contributed by atoms with E-state index in [9.17, 15) is 14.4 Å². The van der Waals surface area contributed by atoms with E-state index in [4.69, 9.17) is 5.11 Å². The molecule has 9 nitrogen and oxygen atoms in total. The lowest BCUT2D eigenvalue weighted by Gasteiger charge is -2.19. The van der Waals surface area contributed by atoms with E-state index in [-0.39, 0.29) is 17.6 Å². The van der Waals surface area contributed by atoms with E-state index >= 15 is 0 Å². The number of carboxylic acids is 1. The van der Waals surface area contributed by atoms with Crippen LogP contribution in [0.5, 0.6) is 0 Å². The van der Waals surface area contributed by atoms with Crippen molar-refractivity contribution in [3.8, 4) is 0 Å². The summed E-state index contributed by atoms with van der Waals surface area (Å²) in [5, 5.41) is 15.0. The molecule has 1 aliphatic carbocycles. The molecule has 0 radical (unpaired) electrons. The molecule has 1 heterocycles. The smallest absolute Gasteiger partial charge is 0.303 e. The average molecular weight is 456 g/mol. The minimum atomic E-state index is -0.788. The summed E-state index contributed by atoms with van der Waals surface area (Å²) in [5.74, 6) is -1.19. The Kier molecular flexibility index (Phi) is 8.57. The number of hydrogen-bond donors (Lipinski definition) is 3. The highest BCUT2D eigenvalue weighted by Crippen LogP contribution is 2.27. The first-order chi connectivity index (χ1) is 15.9. The van der Waals surface area contributed by atoms with Gasteiger partial charge in [0.2, 0.25) is 6.41 Å². The van der Waals surface area contributed by atoms with Crippen LogP contribution in [0.1, 0.15) is 73.8 Å². The molecular weight excluding hydrogens is 422 g/mol. The first-order valence-electron chi connectivity index (χ1n) is 11.7. The summed E-state index contributed by atoms with van der Waals surface area (Å²) in [6.07, 6.45) is 8.36. The number of carbonyl (C=O) groups excluding carboxylic acids is 2. The number of aryl methyl sites for hydroxylation is 2. The van der Waals surface area contributed by atoms with Crippen LogP contribution >= 0.6 is 0 Å². The molecule has 0 atom stereocenters. The van der Waals surface area contributed by atoms with Crippen molar-refractivity contribution in [2.45, 2.75) is 77.3 Å². The topological polar surface area (TPSA) is 126 Å². The number of amides is 2. The fraction of sp³-hybridized carbons (Fsp3) is 0.542. The lowest BCUT2D eigenvalue weighted by molar-refractivity contribution is -0.137. The summed E-state index contributed by atoms with van der Waals surface area (Å²) < 4.78 is 1.89. The number of fused-ring (bicyclic) bond motifs is 1. The molecular formula is C24H33N5O4. The predicted octanol–water partition coefficient (Wildman–Crippen LogP) is 3.15. The van der Waals surface area contributed by atoms with E-state index in [2.05, 4.69) is 20.6 Å². The van der Waals surface area contributed by atoms with Crippen molar-refractivity contribution in [1.29, 1.82) is 0 Å². The second-order valence-electron chi connectivity index (χ2n) is 8.59. The minimum absolute atomic E-state index is 0.110. The number of anilines is 1. The summed E-state index contributed by atoms with van der Waals surface area (Å²) in [6, 6.07) is 4.45. The maximum absolute atomic E-state index is 12.5. The number of carboxylic acid groups (broad SMARTS) is 1. The van der Waals surface area contributed by atoms with E-state index in [1.165, 1.54) is 19.9 Å². The molecule has 0 spiro atoms. The van der Waals surface area contributed by atoms with Crippen LogP contribution < -0.4 is 16.1 Å². The normalized spacial score (nSPS) is 14.5.